The second-order valence-electron chi connectivity index (χ2n) is 5.87. The predicted octanol–water partition coefficient (Wildman–Crippen LogP) is 3.79. The van der Waals surface area contributed by atoms with Crippen LogP contribution in [0.2, 0.25) is 0 Å². The van der Waals surface area contributed by atoms with Crippen LogP contribution in [0.1, 0.15) is 11.8 Å². The van der Waals surface area contributed by atoms with Gasteiger partial charge in [-0.3, -0.25) is 4.79 Å². The van der Waals surface area contributed by atoms with Crippen molar-refractivity contribution in [3.05, 3.63) is 46.7 Å². The predicted molar refractivity (Wildman–Crippen MR) is 109 cm³/mol. The van der Waals surface area contributed by atoms with E-state index < -0.39 is 0 Å². The van der Waals surface area contributed by atoms with E-state index in [-0.39, 0.29) is 5.91 Å². The molecule has 3 aromatic rings. The van der Waals surface area contributed by atoms with Crippen molar-refractivity contribution in [1.82, 2.24) is 19.7 Å². The van der Waals surface area contributed by atoms with Gasteiger partial charge >= 0.3 is 0 Å². The lowest BCUT2D eigenvalue weighted by atomic mass is 10.2. The Kier molecular flexibility index (Phi) is 6.52. The van der Waals surface area contributed by atoms with Gasteiger partial charge in [-0.2, -0.15) is 0 Å². The van der Waals surface area contributed by atoms with Crippen LogP contribution in [0.25, 0.3) is 11.4 Å². The zero-order valence-corrected chi connectivity index (χ0v) is 17.2. The van der Waals surface area contributed by atoms with Crippen LogP contribution in [0.3, 0.4) is 0 Å². The quantitative estimate of drug-likeness (QED) is 0.537. The fourth-order valence-electron chi connectivity index (χ4n) is 2.67. The van der Waals surface area contributed by atoms with E-state index >= 15 is 0 Å². The molecule has 0 aliphatic rings. The van der Waals surface area contributed by atoms with Crippen molar-refractivity contribution >= 4 is 29.0 Å². The van der Waals surface area contributed by atoms with Gasteiger partial charge in [-0.25, -0.2) is 0 Å². The Morgan fingerprint density at radius 2 is 2.07 bits per heavy atom. The molecule has 8 heteroatoms. The summed E-state index contributed by atoms with van der Waals surface area (Å²) < 4.78 is 7.45. The number of aromatic nitrogens is 3. The Balaban J connectivity index is 1.71. The van der Waals surface area contributed by atoms with Crippen LogP contribution >= 0.6 is 23.1 Å². The minimum atomic E-state index is 0.0675. The Morgan fingerprint density at radius 1 is 1.26 bits per heavy atom. The van der Waals surface area contributed by atoms with Crippen LogP contribution in [-0.2, 0) is 17.9 Å². The third-order valence-electron chi connectivity index (χ3n) is 4.10. The molecule has 0 saturated heterocycles. The summed E-state index contributed by atoms with van der Waals surface area (Å²) in [6.45, 7) is 3.38. The van der Waals surface area contributed by atoms with Crippen LogP contribution < -0.4 is 4.74 Å². The monoisotopic (exact) mass is 402 g/mol. The summed E-state index contributed by atoms with van der Waals surface area (Å²) in [4.78, 5) is 15.4. The van der Waals surface area contributed by atoms with E-state index in [9.17, 15) is 4.79 Å². The number of amides is 1. The molecule has 3 rings (SSSR count). The van der Waals surface area contributed by atoms with Gasteiger partial charge in [-0.05, 0) is 30.5 Å². The van der Waals surface area contributed by atoms with E-state index in [1.165, 1.54) is 16.6 Å². The van der Waals surface area contributed by atoms with Crippen LogP contribution in [0.5, 0.6) is 5.75 Å². The molecule has 0 atom stereocenters. The second-order valence-corrected chi connectivity index (χ2v) is 7.84. The first-order chi connectivity index (χ1) is 13.1. The number of thioether (sulfide) groups is 1. The molecule has 0 saturated carbocycles. The number of hydrogen-bond acceptors (Lipinski definition) is 6. The second kappa shape index (κ2) is 9.05. The average Bonchev–Trinajstić information content (AvgIpc) is 3.35. The molecule has 1 aromatic carbocycles. The Hall–Kier alpha value is -2.32. The summed E-state index contributed by atoms with van der Waals surface area (Å²) in [5.41, 5.74) is 0.891. The van der Waals surface area contributed by atoms with E-state index in [0.717, 1.165) is 22.3 Å². The molecular weight excluding hydrogens is 380 g/mol. The number of carbonyl (C=O) groups is 1. The van der Waals surface area contributed by atoms with E-state index in [1.807, 2.05) is 60.3 Å². The van der Waals surface area contributed by atoms with Crippen molar-refractivity contribution in [2.24, 2.45) is 0 Å². The third kappa shape index (κ3) is 4.51. The van der Waals surface area contributed by atoms with Crippen LogP contribution in [0.15, 0.2) is 46.9 Å². The van der Waals surface area contributed by atoms with Gasteiger partial charge in [-0.1, -0.05) is 30.0 Å². The molecule has 6 nitrogen and oxygen atoms in total. The van der Waals surface area contributed by atoms with Crippen LogP contribution in [0.4, 0.5) is 0 Å². The van der Waals surface area contributed by atoms with E-state index in [0.29, 0.717) is 18.8 Å². The van der Waals surface area contributed by atoms with Crippen molar-refractivity contribution in [2.45, 2.75) is 25.2 Å². The normalized spacial score (nSPS) is 10.8. The number of benzene rings is 1. The number of carbonyl (C=O) groups excluding carboxylic acids is 1. The number of para-hydroxylation sites is 1. The van der Waals surface area contributed by atoms with Crippen LogP contribution in [-0.4, -0.2) is 45.5 Å². The number of ether oxygens (including phenoxy) is 1. The summed E-state index contributed by atoms with van der Waals surface area (Å²) in [7, 11) is 3.47. The number of rotatable bonds is 8. The van der Waals surface area contributed by atoms with E-state index in [4.69, 9.17) is 4.74 Å². The first-order valence-corrected chi connectivity index (χ1v) is 10.5. The maximum absolute atomic E-state index is 12.5. The highest BCUT2D eigenvalue weighted by Gasteiger charge is 2.18. The van der Waals surface area contributed by atoms with Gasteiger partial charge in [0, 0.05) is 18.5 Å². The highest BCUT2D eigenvalue weighted by atomic mass is 32.2. The summed E-state index contributed by atoms with van der Waals surface area (Å²) in [5, 5.41) is 11.4. The number of nitrogens with zero attached hydrogens (tertiary/aromatic N) is 4. The van der Waals surface area contributed by atoms with Crippen molar-refractivity contribution < 1.29 is 9.53 Å². The smallest absolute Gasteiger partial charge is 0.233 e. The summed E-state index contributed by atoms with van der Waals surface area (Å²) in [6, 6.07) is 11.8. The Morgan fingerprint density at radius 3 is 2.78 bits per heavy atom. The lowest BCUT2D eigenvalue weighted by Crippen LogP contribution is -2.27. The average molecular weight is 403 g/mol. The summed E-state index contributed by atoms with van der Waals surface area (Å²) >= 11 is 3.06. The van der Waals surface area contributed by atoms with Gasteiger partial charge in [0.1, 0.15) is 5.75 Å². The molecule has 2 heterocycles. The SMILES string of the molecule is CCn1c(SCC(=O)N(C)Cc2cccs2)nnc1-c1ccccc1OC. The zero-order valence-electron chi connectivity index (χ0n) is 15.6. The zero-order chi connectivity index (χ0) is 19.2. The third-order valence-corrected chi connectivity index (χ3v) is 5.92. The molecule has 0 unspecified atom stereocenters. The Bertz CT molecular complexity index is 893. The summed E-state index contributed by atoms with van der Waals surface area (Å²) in [6.07, 6.45) is 0. The molecule has 0 aliphatic heterocycles. The minimum absolute atomic E-state index is 0.0675. The lowest BCUT2D eigenvalue weighted by Gasteiger charge is -2.16. The van der Waals surface area contributed by atoms with Crippen molar-refractivity contribution in [3.8, 4) is 17.1 Å². The Labute approximate surface area is 167 Å². The number of thiophene rings is 1. The molecular formula is C19H22N4O2S2. The highest BCUT2D eigenvalue weighted by molar-refractivity contribution is 7.99. The topological polar surface area (TPSA) is 60.2 Å². The summed E-state index contributed by atoms with van der Waals surface area (Å²) in [5.74, 6) is 1.89. The lowest BCUT2D eigenvalue weighted by molar-refractivity contribution is -0.127. The molecule has 2 aromatic heterocycles. The molecule has 27 heavy (non-hydrogen) atoms. The maximum atomic E-state index is 12.5. The largest absolute Gasteiger partial charge is 0.496 e. The fourth-order valence-corrected chi connectivity index (χ4v) is 4.37. The molecule has 0 spiro atoms. The van der Waals surface area contributed by atoms with Gasteiger partial charge < -0.3 is 14.2 Å². The molecule has 1 amide bonds. The first-order valence-electron chi connectivity index (χ1n) is 8.59. The van der Waals surface area contributed by atoms with Crippen LogP contribution in [0, 0.1) is 0 Å². The maximum Gasteiger partial charge on any atom is 0.233 e. The van der Waals surface area contributed by atoms with Crippen molar-refractivity contribution in [1.29, 1.82) is 0 Å². The number of hydrogen-bond donors (Lipinski definition) is 0. The molecule has 0 N–H and O–H groups in total. The minimum Gasteiger partial charge on any atom is -0.496 e. The highest BCUT2D eigenvalue weighted by Crippen LogP contribution is 2.30. The molecule has 0 aliphatic carbocycles. The van der Waals surface area contributed by atoms with Crippen molar-refractivity contribution in [3.63, 3.8) is 0 Å². The molecule has 0 bridgehead atoms. The van der Waals surface area contributed by atoms with Crippen molar-refractivity contribution in [2.75, 3.05) is 19.9 Å². The van der Waals surface area contributed by atoms with E-state index in [1.54, 1.807) is 23.3 Å². The number of methoxy groups -OCH3 is 1. The van der Waals surface area contributed by atoms with Gasteiger partial charge in [0.2, 0.25) is 5.91 Å². The van der Waals surface area contributed by atoms with E-state index in [2.05, 4.69) is 10.2 Å². The molecule has 0 fully saturated rings. The van der Waals surface area contributed by atoms with Gasteiger partial charge in [-0.15, -0.1) is 21.5 Å². The first kappa shape index (κ1) is 19.4. The molecule has 0 radical (unpaired) electrons. The standard InChI is InChI=1S/C19H22N4O2S2/c1-4-23-18(15-9-5-6-10-16(15)25-3)20-21-19(23)27-13-17(24)22(2)12-14-8-7-11-26-14/h5-11H,4,12-13H2,1-3H3. The van der Waals surface area contributed by atoms with Gasteiger partial charge in [0.05, 0.1) is 25.0 Å². The molecule has 142 valence electrons. The van der Waals surface area contributed by atoms with Gasteiger partial charge in [0.15, 0.2) is 11.0 Å². The van der Waals surface area contributed by atoms with Gasteiger partial charge in [0.25, 0.3) is 0 Å². The fraction of sp³-hybridized carbons (Fsp3) is 0.316.